The molecule has 6 nitrogen and oxygen atoms in total. The average Bonchev–Trinajstić information content (AvgIpc) is 3.02. The molecule has 0 aliphatic heterocycles. The van der Waals surface area contributed by atoms with Crippen LogP contribution < -0.4 is 10.6 Å². The molecule has 2 aromatic carbocycles. The van der Waals surface area contributed by atoms with Crippen molar-refractivity contribution in [1.82, 2.24) is 15.1 Å². The zero-order valence-corrected chi connectivity index (χ0v) is 17.9. The molecule has 0 saturated carbocycles. The highest BCUT2D eigenvalue weighted by atomic mass is 16.2. The van der Waals surface area contributed by atoms with Gasteiger partial charge in [0.15, 0.2) is 0 Å². The summed E-state index contributed by atoms with van der Waals surface area (Å²) >= 11 is 0. The maximum Gasteiger partial charge on any atom is 0.226 e. The Morgan fingerprint density at radius 2 is 1.67 bits per heavy atom. The molecule has 0 spiro atoms. The molecule has 0 radical (unpaired) electrons. The predicted octanol–water partition coefficient (Wildman–Crippen LogP) is 4.40. The molecule has 6 heteroatoms. The standard InChI is InChI=1S/C24H28N4O2/c1-16(2)25-21(29)13-14-22(30)26-24-23(19-10-6-5-7-11-19)18(4)27-28(24)20-12-8-9-17(3)15-20/h5-12,15-16H,13-14H2,1-4H3,(H,25,29)(H,26,30). The number of aryl methyl sites for hydroxylation is 2. The molecule has 0 unspecified atom stereocenters. The Labute approximate surface area is 177 Å². The van der Waals surface area contributed by atoms with Crippen LogP contribution in [-0.4, -0.2) is 27.6 Å². The number of anilines is 1. The van der Waals surface area contributed by atoms with E-state index in [1.807, 2.05) is 82.3 Å². The molecule has 156 valence electrons. The molecule has 0 saturated heterocycles. The lowest BCUT2D eigenvalue weighted by Gasteiger charge is -2.13. The Bertz CT molecular complexity index is 1040. The number of nitrogens with zero attached hydrogens (tertiary/aromatic N) is 2. The Kier molecular flexibility index (Phi) is 6.67. The fourth-order valence-corrected chi connectivity index (χ4v) is 3.36. The van der Waals surface area contributed by atoms with Crippen LogP contribution in [0.5, 0.6) is 0 Å². The summed E-state index contributed by atoms with van der Waals surface area (Å²) in [5.41, 5.74) is 4.63. The first-order chi connectivity index (χ1) is 14.3. The summed E-state index contributed by atoms with van der Waals surface area (Å²) in [5.74, 6) is 0.255. The van der Waals surface area contributed by atoms with Gasteiger partial charge in [-0.05, 0) is 51.0 Å². The van der Waals surface area contributed by atoms with Crippen molar-refractivity contribution in [1.29, 1.82) is 0 Å². The van der Waals surface area contributed by atoms with Gasteiger partial charge in [-0.25, -0.2) is 4.68 Å². The predicted molar refractivity (Wildman–Crippen MR) is 120 cm³/mol. The fourth-order valence-electron chi connectivity index (χ4n) is 3.36. The highest BCUT2D eigenvalue weighted by Crippen LogP contribution is 2.33. The van der Waals surface area contributed by atoms with E-state index in [-0.39, 0.29) is 30.7 Å². The first-order valence-electron chi connectivity index (χ1n) is 10.2. The lowest BCUT2D eigenvalue weighted by molar-refractivity contribution is -0.124. The fraction of sp³-hybridized carbons (Fsp3) is 0.292. The summed E-state index contributed by atoms with van der Waals surface area (Å²) in [6.07, 6.45) is 0.243. The zero-order valence-electron chi connectivity index (χ0n) is 17.9. The maximum atomic E-state index is 12.7. The van der Waals surface area contributed by atoms with E-state index < -0.39 is 0 Å². The Hall–Kier alpha value is -3.41. The van der Waals surface area contributed by atoms with E-state index in [2.05, 4.69) is 10.6 Å². The van der Waals surface area contributed by atoms with E-state index in [9.17, 15) is 9.59 Å². The van der Waals surface area contributed by atoms with Gasteiger partial charge in [0.25, 0.3) is 0 Å². The summed E-state index contributed by atoms with van der Waals surface area (Å²) in [6.45, 7) is 7.74. The van der Waals surface area contributed by atoms with E-state index in [1.54, 1.807) is 4.68 Å². The molecule has 0 fully saturated rings. The summed E-state index contributed by atoms with van der Waals surface area (Å²) in [7, 11) is 0. The number of hydrogen-bond donors (Lipinski definition) is 2. The number of hydrogen-bond acceptors (Lipinski definition) is 3. The number of rotatable bonds is 7. The Morgan fingerprint density at radius 3 is 2.33 bits per heavy atom. The van der Waals surface area contributed by atoms with E-state index >= 15 is 0 Å². The Balaban J connectivity index is 1.94. The molecule has 2 N–H and O–H groups in total. The van der Waals surface area contributed by atoms with Crippen LogP contribution in [0.25, 0.3) is 16.8 Å². The smallest absolute Gasteiger partial charge is 0.226 e. The van der Waals surface area contributed by atoms with Crippen molar-refractivity contribution in [3.8, 4) is 16.8 Å². The summed E-state index contributed by atoms with van der Waals surface area (Å²) in [4.78, 5) is 24.6. The molecule has 1 aromatic heterocycles. The van der Waals surface area contributed by atoms with Crippen molar-refractivity contribution >= 4 is 17.6 Å². The topological polar surface area (TPSA) is 76.0 Å². The highest BCUT2D eigenvalue weighted by Gasteiger charge is 2.20. The molecule has 2 amide bonds. The monoisotopic (exact) mass is 404 g/mol. The molecular formula is C24H28N4O2. The van der Waals surface area contributed by atoms with Gasteiger partial charge in [-0.1, -0.05) is 42.5 Å². The van der Waals surface area contributed by atoms with Crippen molar-refractivity contribution < 1.29 is 9.59 Å². The number of amides is 2. The van der Waals surface area contributed by atoms with Gasteiger partial charge in [0.2, 0.25) is 11.8 Å². The molecule has 0 atom stereocenters. The second kappa shape index (κ2) is 9.39. The van der Waals surface area contributed by atoms with Crippen LogP contribution >= 0.6 is 0 Å². The number of carbonyl (C=O) groups is 2. The van der Waals surface area contributed by atoms with Crippen LogP contribution in [0.2, 0.25) is 0 Å². The van der Waals surface area contributed by atoms with Crippen molar-refractivity contribution in [3.63, 3.8) is 0 Å². The molecule has 3 aromatic rings. The SMILES string of the molecule is Cc1cccc(-n2nc(C)c(-c3ccccc3)c2NC(=O)CCC(=O)NC(C)C)c1. The van der Waals surface area contributed by atoms with Crippen molar-refractivity contribution in [2.24, 2.45) is 0 Å². The highest BCUT2D eigenvalue weighted by molar-refractivity contribution is 5.97. The van der Waals surface area contributed by atoms with Gasteiger partial charge >= 0.3 is 0 Å². The van der Waals surface area contributed by atoms with Crippen molar-refractivity contribution in [3.05, 3.63) is 65.9 Å². The minimum Gasteiger partial charge on any atom is -0.354 e. The third-order valence-corrected chi connectivity index (χ3v) is 4.66. The van der Waals surface area contributed by atoms with Gasteiger partial charge in [0, 0.05) is 24.4 Å². The normalized spacial score (nSPS) is 10.8. The molecule has 0 bridgehead atoms. The first kappa shape index (κ1) is 21.3. The average molecular weight is 405 g/mol. The zero-order chi connectivity index (χ0) is 21.7. The summed E-state index contributed by atoms with van der Waals surface area (Å²) in [5, 5.41) is 10.5. The number of carbonyl (C=O) groups excluding carboxylic acids is 2. The molecular weight excluding hydrogens is 376 g/mol. The largest absolute Gasteiger partial charge is 0.354 e. The lowest BCUT2D eigenvalue weighted by Crippen LogP contribution is -2.30. The minimum absolute atomic E-state index is 0.0515. The number of benzene rings is 2. The van der Waals surface area contributed by atoms with Crippen LogP contribution in [0, 0.1) is 13.8 Å². The minimum atomic E-state index is -0.222. The van der Waals surface area contributed by atoms with E-state index in [0.29, 0.717) is 5.82 Å². The van der Waals surface area contributed by atoms with Gasteiger partial charge in [-0.2, -0.15) is 5.10 Å². The van der Waals surface area contributed by atoms with E-state index in [1.165, 1.54) is 0 Å². The van der Waals surface area contributed by atoms with E-state index in [0.717, 1.165) is 28.1 Å². The van der Waals surface area contributed by atoms with Gasteiger partial charge in [0.1, 0.15) is 5.82 Å². The van der Waals surface area contributed by atoms with Crippen molar-refractivity contribution in [2.75, 3.05) is 5.32 Å². The molecule has 0 aliphatic rings. The van der Waals surface area contributed by atoms with Gasteiger partial charge in [-0.15, -0.1) is 0 Å². The molecule has 0 aliphatic carbocycles. The first-order valence-corrected chi connectivity index (χ1v) is 10.2. The van der Waals surface area contributed by atoms with Crippen LogP contribution in [0.4, 0.5) is 5.82 Å². The number of aromatic nitrogens is 2. The van der Waals surface area contributed by atoms with Crippen LogP contribution in [0.15, 0.2) is 54.6 Å². The molecule has 1 heterocycles. The maximum absolute atomic E-state index is 12.7. The second-order valence-electron chi connectivity index (χ2n) is 7.70. The van der Waals surface area contributed by atoms with Gasteiger partial charge in [-0.3, -0.25) is 9.59 Å². The lowest BCUT2D eigenvalue weighted by atomic mass is 10.1. The third kappa shape index (κ3) is 5.14. The second-order valence-corrected chi connectivity index (χ2v) is 7.70. The summed E-state index contributed by atoms with van der Waals surface area (Å²) < 4.78 is 1.76. The van der Waals surface area contributed by atoms with Crippen LogP contribution in [-0.2, 0) is 9.59 Å². The van der Waals surface area contributed by atoms with Crippen molar-refractivity contribution in [2.45, 2.75) is 46.6 Å². The molecule has 30 heavy (non-hydrogen) atoms. The Morgan fingerprint density at radius 1 is 0.967 bits per heavy atom. The molecule has 3 rings (SSSR count). The summed E-state index contributed by atoms with van der Waals surface area (Å²) in [6, 6.07) is 17.9. The van der Waals surface area contributed by atoms with Gasteiger partial charge < -0.3 is 10.6 Å². The third-order valence-electron chi connectivity index (χ3n) is 4.66. The van der Waals surface area contributed by atoms with Crippen LogP contribution in [0.1, 0.15) is 37.9 Å². The van der Waals surface area contributed by atoms with E-state index in [4.69, 9.17) is 5.10 Å². The van der Waals surface area contributed by atoms with Gasteiger partial charge in [0.05, 0.1) is 11.4 Å². The van der Waals surface area contributed by atoms with Crippen LogP contribution in [0.3, 0.4) is 0 Å². The quantitative estimate of drug-likeness (QED) is 0.613. The number of nitrogens with one attached hydrogen (secondary N) is 2.